The first-order chi connectivity index (χ1) is 42.8. The van der Waals surface area contributed by atoms with Crippen LogP contribution in [-0.2, 0) is 76.7 Å². The number of amides is 13. The SMILES string of the molecule is CC(C)[C@H](NC(=O)[C@H](CC(N)=O)NC(=O)[C@H](CCCN=C(N)N)NC(=O)[C@H](C)N)C(=O)N[C@H](C(=O)N[C@H](C(=O)N[C@@H](CCC(=O)O)C(=O)N[C@@H](CC(N)=O)C(=O)N1CCC[C@H]1C(=O)N[C@H](C(=O)N1CCC[C@H]1C(=O)N[C@@H](CC(=O)O)C(=O)O)C(C)C)C(C)C)C(C)C. The number of aliphatic carboxylic acids is 3. The summed E-state index contributed by atoms with van der Waals surface area (Å²) < 4.78 is 0. The number of carbonyl (C=O) groups excluding carboxylic acids is 13. The quantitative estimate of drug-likeness (QED) is 0.0155. The van der Waals surface area contributed by atoms with E-state index in [0.29, 0.717) is 6.42 Å². The number of likely N-dealkylation sites (tertiary alicyclic amines) is 2. The number of primary amides is 2. The molecule has 2 rings (SSSR count). The van der Waals surface area contributed by atoms with E-state index in [1.807, 2.05) is 0 Å². The van der Waals surface area contributed by atoms with Gasteiger partial charge < -0.3 is 102 Å². The highest BCUT2D eigenvalue weighted by atomic mass is 16.4. The molecule has 516 valence electrons. The predicted molar refractivity (Wildman–Crippen MR) is 324 cm³/mol. The molecule has 36 nitrogen and oxygen atoms in total. The Morgan fingerprint density at radius 3 is 1.25 bits per heavy atom. The molecular weight excluding hydrogens is 1210 g/mol. The number of nitrogens with zero attached hydrogens (tertiary/aromatic N) is 3. The van der Waals surface area contributed by atoms with Gasteiger partial charge in [0.2, 0.25) is 76.8 Å². The smallest absolute Gasteiger partial charge is 0.326 e. The van der Waals surface area contributed by atoms with Crippen LogP contribution < -0.4 is 76.5 Å². The first kappa shape index (κ1) is 78.8. The number of carboxylic acids is 3. The summed E-state index contributed by atoms with van der Waals surface area (Å²) in [6.45, 7) is 13.6. The Labute approximate surface area is 531 Å². The summed E-state index contributed by atoms with van der Waals surface area (Å²) >= 11 is 0. The lowest BCUT2D eigenvalue weighted by Gasteiger charge is -2.33. The molecule has 0 aliphatic carbocycles. The van der Waals surface area contributed by atoms with Crippen molar-refractivity contribution in [2.75, 3.05) is 19.6 Å². The maximum Gasteiger partial charge on any atom is 0.326 e. The molecule has 22 N–H and O–H groups in total. The van der Waals surface area contributed by atoms with Crippen LogP contribution in [-0.4, -0.2) is 218 Å². The molecular formula is C56H93N17O19. The van der Waals surface area contributed by atoms with Gasteiger partial charge in [-0.25, -0.2) is 4.79 Å². The summed E-state index contributed by atoms with van der Waals surface area (Å²) in [5.74, 6) is -20.2. The number of aliphatic imine (C=N–C) groups is 1. The van der Waals surface area contributed by atoms with Crippen molar-refractivity contribution in [2.24, 2.45) is 57.3 Å². The number of rotatable bonds is 38. The van der Waals surface area contributed by atoms with Crippen molar-refractivity contribution in [2.45, 2.75) is 205 Å². The van der Waals surface area contributed by atoms with E-state index < -0.39 is 223 Å². The third-order valence-corrected chi connectivity index (χ3v) is 15.0. The Balaban J connectivity index is 2.37. The standard InChI is InChI=1S/C56H93N17O19/c1-24(2)40(69-52(88)42(26(5)6)70-51(87)41(25(3)4)68-47(83)31(21-36(58)74)65-45(81)29(63-44(80)28(9)57)13-10-18-62-56(60)61)50(86)64-30(16-17-38(76)77)46(82)66-32(22-37(59)75)53(89)72-19-11-15-35(72)49(85)71-43(27(7)8)54(90)73-20-12-14-34(73)48(84)67-33(55(91)92)23-39(78)79/h24-35,40-43H,10-23,57H2,1-9H3,(H2,58,74)(H2,59,75)(H,63,80)(H,64,86)(H,65,81)(H,66,82)(H,67,84)(H,68,83)(H,69,88)(H,70,87)(H,71,85)(H,76,77)(H,78,79)(H,91,92)(H4,60,61,62)/t28-,29-,30-,31-,32-,33-,34-,35-,40-,41-,42-,43-/m0/s1. The van der Waals surface area contributed by atoms with E-state index >= 15 is 0 Å². The molecule has 12 atom stereocenters. The van der Waals surface area contributed by atoms with E-state index in [1.165, 1.54) is 48.5 Å². The molecule has 0 aromatic carbocycles. The first-order valence-corrected chi connectivity index (χ1v) is 30.2. The lowest BCUT2D eigenvalue weighted by atomic mass is 9.97. The number of hydrogen-bond acceptors (Lipinski definition) is 18. The third kappa shape index (κ3) is 25.2. The first-order valence-electron chi connectivity index (χ1n) is 30.2. The van der Waals surface area contributed by atoms with Gasteiger partial charge in [-0.2, -0.15) is 0 Å². The van der Waals surface area contributed by atoms with Gasteiger partial charge >= 0.3 is 17.9 Å². The second-order valence-electron chi connectivity index (χ2n) is 24.1. The van der Waals surface area contributed by atoms with Crippen LogP contribution in [0.1, 0.15) is 133 Å². The van der Waals surface area contributed by atoms with Gasteiger partial charge in [0.1, 0.15) is 66.5 Å². The number of carbonyl (C=O) groups is 16. The molecule has 92 heavy (non-hydrogen) atoms. The van der Waals surface area contributed by atoms with E-state index in [4.69, 9.17) is 33.8 Å². The monoisotopic (exact) mass is 1310 g/mol. The molecule has 36 heteroatoms. The van der Waals surface area contributed by atoms with Gasteiger partial charge in [-0.15, -0.1) is 0 Å². The number of carboxylic acid groups (broad SMARTS) is 3. The molecule has 0 radical (unpaired) electrons. The van der Waals surface area contributed by atoms with Gasteiger partial charge in [-0.3, -0.25) is 76.9 Å². The third-order valence-electron chi connectivity index (χ3n) is 15.0. The Bertz CT molecular complexity index is 2760. The Morgan fingerprint density at radius 2 is 0.826 bits per heavy atom. The minimum absolute atomic E-state index is 0.0171. The van der Waals surface area contributed by atoms with Crippen LogP contribution in [0, 0.1) is 23.7 Å². The van der Waals surface area contributed by atoms with Crippen LogP contribution in [0.4, 0.5) is 0 Å². The van der Waals surface area contributed by atoms with Crippen LogP contribution in [0.3, 0.4) is 0 Å². The number of nitrogens with two attached hydrogens (primary N) is 5. The molecule has 0 unspecified atom stereocenters. The van der Waals surface area contributed by atoms with Crippen LogP contribution in [0.2, 0.25) is 0 Å². The van der Waals surface area contributed by atoms with E-state index in [-0.39, 0.29) is 57.7 Å². The van der Waals surface area contributed by atoms with Gasteiger partial charge in [0.05, 0.1) is 25.3 Å². The second-order valence-corrected chi connectivity index (χ2v) is 24.1. The average molecular weight is 1310 g/mol. The number of nitrogens with one attached hydrogen (secondary N) is 9. The fraction of sp³-hybridized carbons (Fsp3) is 0.696. The van der Waals surface area contributed by atoms with Crippen molar-refractivity contribution in [3.8, 4) is 0 Å². The zero-order valence-electron chi connectivity index (χ0n) is 53.2. The second kappa shape index (κ2) is 37.2. The van der Waals surface area contributed by atoms with Gasteiger partial charge in [0.15, 0.2) is 5.96 Å². The summed E-state index contributed by atoms with van der Waals surface area (Å²) in [5.41, 5.74) is 27.4. The molecule has 0 aromatic heterocycles. The summed E-state index contributed by atoms with van der Waals surface area (Å²) in [4.78, 5) is 218. The lowest BCUT2D eigenvalue weighted by Crippen LogP contribution is -2.62. The highest BCUT2D eigenvalue weighted by molar-refractivity contribution is 6.01. The van der Waals surface area contributed by atoms with Crippen LogP contribution in [0.15, 0.2) is 4.99 Å². The van der Waals surface area contributed by atoms with Crippen molar-refractivity contribution < 1.29 is 92.0 Å². The normalized spacial score (nSPS) is 17.8. The van der Waals surface area contributed by atoms with Crippen LogP contribution >= 0.6 is 0 Å². The zero-order valence-corrected chi connectivity index (χ0v) is 53.2. The maximum atomic E-state index is 14.4. The zero-order chi connectivity index (χ0) is 70.2. The predicted octanol–water partition coefficient (Wildman–Crippen LogP) is -6.47. The Morgan fingerprint density at radius 1 is 0.435 bits per heavy atom. The molecule has 0 aromatic rings. The van der Waals surface area contributed by atoms with E-state index in [9.17, 15) is 86.9 Å². The highest BCUT2D eigenvalue weighted by Gasteiger charge is 2.44. The summed E-state index contributed by atoms with van der Waals surface area (Å²) in [6.07, 6.45) is -3.22. The Hall–Kier alpha value is -9.25. The van der Waals surface area contributed by atoms with Crippen molar-refractivity contribution in [1.82, 2.24) is 57.7 Å². The molecule has 2 heterocycles. The molecule has 0 saturated carbocycles. The molecule has 2 aliphatic rings. The summed E-state index contributed by atoms with van der Waals surface area (Å²) in [5, 5.41) is 50.3. The average Bonchev–Trinajstić information content (AvgIpc) is 1.60. The Kier molecular flexibility index (Phi) is 31.9. The molecule has 2 fully saturated rings. The summed E-state index contributed by atoms with van der Waals surface area (Å²) in [7, 11) is 0. The fourth-order valence-corrected chi connectivity index (χ4v) is 9.97. The van der Waals surface area contributed by atoms with Crippen molar-refractivity contribution >= 4 is 101 Å². The van der Waals surface area contributed by atoms with Gasteiger partial charge in [-0.1, -0.05) is 55.4 Å². The van der Waals surface area contributed by atoms with Crippen molar-refractivity contribution in [3.05, 3.63) is 0 Å². The minimum Gasteiger partial charge on any atom is -0.481 e. The van der Waals surface area contributed by atoms with Crippen LogP contribution in [0.25, 0.3) is 0 Å². The molecule has 0 spiro atoms. The van der Waals surface area contributed by atoms with E-state index in [2.05, 4.69) is 52.8 Å². The van der Waals surface area contributed by atoms with Crippen molar-refractivity contribution in [1.29, 1.82) is 0 Å². The lowest BCUT2D eigenvalue weighted by molar-refractivity contribution is -0.149. The van der Waals surface area contributed by atoms with E-state index in [1.54, 1.807) is 13.8 Å². The number of hydrogen-bond donors (Lipinski definition) is 17. The van der Waals surface area contributed by atoms with Gasteiger partial charge in [0.25, 0.3) is 0 Å². The van der Waals surface area contributed by atoms with Crippen LogP contribution in [0.5, 0.6) is 0 Å². The topological polar surface area (TPSA) is 591 Å². The summed E-state index contributed by atoms with van der Waals surface area (Å²) in [6, 6.07) is -17.8. The largest absolute Gasteiger partial charge is 0.481 e. The molecule has 0 bridgehead atoms. The molecule has 2 aliphatic heterocycles. The number of guanidine groups is 1. The van der Waals surface area contributed by atoms with Gasteiger partial charge in [0, 0.05) is 26.1 Å². The van der Waals surface area contributed by atoms with Gasteiger partial charge in [-0.05, 0) is 75.5 Å². The molecule has 2 saturated heterocycles. The van der Waals surface area contributed by atoms with E-state index in [0.717, 1.165) is 9.80 Å². The fourth-order valence-electron chi connectivity index (χ4n) is 9.97. The maximum absolute atomic E-state index is 14.4. The van der Waals surface area contributed by atoms with Crippen molar-refractivity contribution in [3.63, 3.8) is 0 Å². The highest BCUT2D eigenvalue weighted by Crippen LogP contribution is 2.24. The minimum atomic E-state index is -1.83. The molecule has 13 amide bonds.